The van der Waals surface area contributed by atoms with E-state index in [2.05, 4.69) is 10.6 Å². The van der Waals surface area contributed by atoms with Crippen LogP contribution in [0.5, 0.6) is 0 Å². The molecular weight excluding hydrogens is 803 g/mol. The monoisotopic (exact) mass is 851 g/mol. The Morgan fingerprint density at radius 2 is 1.66 bits per heavy atom. The van der Waals surface area contributed by atoms with Gasteiger partial charge < -0.3 is 25.0 Å². The number of carbonyl (C=O) groups excluding carboxylic acids is 5. The first-order chi connectivity index (χ1) is 27.6. The van der Waals surface area contributed by atoms with Crippen molar-refractivity contribution < 1.29 is 59.4 Å². The number of sulfonamides is 1. The summed E-state index contributed by atoms with van der Waals surface area (Å²) in [5.74, 6) is -4.51. The minimum atomic E-state index is -4.73. The lowest BCUT2D eigenvalue weighted by Crippen LogP contribution is -2.58. The van der Waals surface area contributed by atoms with Gasteiger partial charge in [-0.15, -0.1) is 0 Å². The van der Waals surface area contributed by atoms with E-state index in [9.17, 15) is 50.0 Å². The van der Waals surface area contributed by atoms with E-state index in [-0.39, 0.29) is 44.5 Å². The molecule has 1 aliphatic carbocycles. The van der Waals surface area contributed by atoms with Crippen LogP contribution in [0.15, 0.2) is 42.5 Å². The highest BCUT2D eigenvalue weighted by Crippen LogP contribution is 2.48. The highest BCUT2D eigenvalue weighted by Gasteiger charge is 2.62. The molecule has 3 aliphatic heterocycles. The summed E-state index contributed by atoms with van der Waals surface area (Å²) in [5, 5.41) is 5.35. The summed E-state index contributed by atoms with van der Waals surface area (Å²) in [7, 11) is -4.57. The van der Waals surface area contributed by atoms with Gasteiger partial charge in [-0.2, -0.15) is 13.2 Å². The number of hydrogen-bond donors (Lipinski definition) is 3. The van der Waals surface area contributed by atoms with Crippen LogP contribution in [0, 0.1) is 11.7 Å². The lowest BCUT2D eigenvalue weighted by Gasteiger charge is -2.30. The third-order valence-corrected chi connectivity index (χ3v) is 12.3. The number of benzene rings is 2. The molecule has 2 aromatic carbocycles. The number of amides is 5. The van der Waals surface area contributed by atoms with E-state index in [4.69, 9.17) is 9.47 Å². The predicted octanol–water partition coefficient (Wildman–Crippen LogP) is 5.42. The van der Waals surface area contributed by atoms with Crippen LogP contribution in [0.2, 0.25) is 0 Å². The molecule has 322 valence electrons. The summed E-state index contributed by atoms with van der Waals surface area (Å²) in [6, 6.07) is 5.70. The first-order valence-electron chi connectivity index (χ1n) is 19.7. The van der Waals surface area contributed by atoms with Crippen molar-refractivity contribution in [1.29, 1.82) is 0 Å². The number of alkyl halides is 3. The highest BCUT2D eigenvalue weighted by molar-refractivity contribution is 7.89. The second-order valence-corrected chi connectivity index (χ2v) is 18.5. The average Bonchev–Trinajstić information content (AvgIpc) is 3.42. The summed E-state index contributed by atoms with van der Waals surface area (Å²) in [4.78, 5) is 71.5. The summed E-state index contributed by atoms with van der Waals surface area (Å²) in [6.45, 7) is 4.71. The lowest BCUT2D eigenvalue weighted by molar-refractivity contribution is -0.141. The number of nitrogens with zero attached hydrogens (tertiary/aromatic N) is 2. The molecule has 5 amide bonds. The Bertz CT molecular complexity index is 2080. The Morgan fingerprint density at radius 3 is 2.36 bits per heavy atom. The molecule has 3 heterocycles. The third-order valence-electron chi connectivity index (χ3n) is 11.1. The van der Waals surface area contributed by atoms with Crippen molar-refractivity contribution in [2.24, 2.45) is 5.92 Å². The van der Waals surface area contributed by atoms with Gasteiger partial charge in [-0.3, -0.25) is 24.0 Å². The summed E-state index contributed by atoms with van der Waals surface area (Å²) >= 11 is 0. The Labute approximate surface area is 339 Å². The zero-order valence-corrected chi connectivity index (χ0v) is 33.8. The summed E-state index contributed by atoms with van der Waals surface area (Å²) < 4.78 is 94.1. The largest absolute Gasteiger partial charge is 0.444 e. The van der Waals surface area contributed by atoms with Crippen LogP contribution in [-0.4, -0.2) is 84.0 Å². The van der Waals surface area contributed by atoms with E-state index in [0.717, 1.165) is 25.0 Å². The van der Waals surface area contributed by atoms with E-state index in [0.29, 0.717) is 42.9 Å². The van der Waals surface area contributed by atoms with Crippen molar-refractivity contribution in [1.82, 2.24) is 25.2 Å². The quantitative estimate of drug-likeness (QED) is 0.320. The molecule has 0 spiro atoms. The number of alkyl carbamates (subject to hydrolysis) is 1. The zero-order valence-electron chi connectivity index (χ0n) is 33.0. The SMILES string of the molecule is CC(C)(C)OC(=O)N[C@H]1CCCCCCC[C@H]2C[C@@]2(C(=O)NS(=O)(=O)Cc2cccc(C(F)(F)F)c2)NC(=O)[C@@H]2C[C@@H](OC(=O)N3Cc4cccc(F)c4C3)CN2C1=O. The minimum Gasteiger partial charge on any atom is -0.444 e. The molecule has 1 saturated carbocycles. The minimum absolute atomic E-state index is 0.0532. The van der Waals surface area contributed by atoms with Crippen molar-refractivity contribution in [3.05, 3.63) is 70.5 Å². The van der Waals surface area contributed by atoms with Crippen molar-refractivity contribution >= 4 is 39.9 Å². The van der Waals surface area contributed by atoms with Crippen LogP contribution in [0.25, 0.3) is 0 Å². The van der Waals surface area contributed by atoms with E-state index >= 15 is 0 Å². The van der Waals surface area contributed by atoms with Gasteiger partial charge in [-0.1, -0.05) is 62.4 Å². The number of carbonyl (C=O) groups is 5. The first-order valence-corrected chi connectivity index (χ1v) is 21.3. The number of rotatable bonds is 6. The third kappa shape index (κ3) is 10.6. The molecule has 14 nitrogen and oxygen atoms in total. The Balaban J connectivity index is 1.24. The maximum atomic E-state index is 14.5. The topological polar surface area (TPSA) is 181 Å². The van der Waals surface area contributed by atoms with Crippen LogP contribution in [0.3, 0.4) is 0 Å². The van der Waals surface area contributed by atoms with E-state index in [1.165, 1.54) is 28.0 Å². The number of ether oxygens (including phenoxy) is 2. The van der Waals surface area contributed by atoms with Gasteiger partial charge >= 0.3 is 18.4 Å². The molecule has 19 heteroatoms. The molecule has 3 N–H and O–H groups in total. The molecule has 2 aromatic rings. The Kier molecular flexibility index (Phi) is 12.5. The molecule has 4 aliphatic rings. The van der Waals surface area contributed by atoms with Crippen molar-refractivity contribution in [3.8, 4) is 0 Å². The molecule has 3 fully saturated rings. The fraction of sp³-hybridized carbons (Fsp3) is 0.575. The molecule has 0 bridgehead atoms. The lowest BCUT2D eigenvalue weighted by atomic mass is 10.0. The molecule has 5 atom stereocenters. The Hall–Kier alpha value is -4.94. The maximum absolute atomic E-state index is 14.5. The smallest absolute Gasteiger partial charge is 0.416 e. The fourth-order valence-corrected chi connectivity index (χ4v) is 9.23. The first kappa shape index (κ1) is 43.6. The number of nitrogens with one attached hydrogen (secondary N) is 3. The zero-order chi connectivity index (χ0) is 42.9. The molecular formula is C40H49F4N5O9S. The van der Waals surface area contributed by atoms with E-state index in [1.54, 1.807) is 26.8 Å². The molecule has 2 saturated heterocycles. The van der Waals surface area contributed by atoms with Gasteiger partial charge in [-0.05, 0) is 69.2 Å². The summed E-state index contributed by atoms with van der Waals surface area (Å²) in [6.07, 6.45) is -3.68. The highest BCUT2D eigenvalue weighted by atomic mass is 32.2. The van der Waals surface area contributed by atoms with Crippen LogP contribution in [-0.2, 0) is 58.9 Å². The molecule has 59 heavy (non-hydrogen) atoms. The molecule has 6 rings (SSSR count). The van der Waals surface area contributed by atoms with Gasteiger partial charge in [0.2, 0.25) is 21.8 Å². The van der Waals surface area contributed by atoms with Gasteiger partial charge in [0.15, 0.2) is 0 Å². The molecule has 0 radical (unpaired) electrons. The number of halogens is 4. The average molecular weight is 852 g/mol. The second kappa shape index (κ2) is 17.0. The van der Waals surface area contributed by atoms with Crippen molar-refractivity contribution in [3.63, 3.8) is 0 Å². The van der Waals surface area contributed by atoms with Gasteiger partial charge in [0.25, 0.3) is 5.91 Å². The van der Waals surface area contributed by atoms with E-state index in [1.807, 2.05) is 4.72 Å². The van der Waals surface area contributed by atoms with Crippen LogP contribution in [0.4, 0.5) is 27.2 Å². The normalized spacial score (nSPS) is 25.3. The number of fused-ring (bicyclic) bond motifs is 3. The van der Waals surface area contributed by atoms with Gasteiger partial charge in [0.1, 0.15) is 35.1 Å². The van der Waals surface area contributed by atoms with Crippen LogP contribution >= 0.6 is 0 Å². The molecule has 0 aromatic heterocycles. The molecule has 0 unspecified atom stereocenters. The van der Waals surface area contributed by atoms with Crippen molar-refractivity contribution in [2.45, 2.75) is 133 Å². The van der Waals surface area contributed by atoms with Gasteiger partial charge in [0, 0.05) is 18.5 Å². The standard InChI is InChI=1S/C40H49F4N5O9S/c1-38(2,3)58-36(53)45-31-16-8-6-4-5-7-13-27-19-39(27,35(52)47-59(55,56)23-24-11-9-14-26(17-24)40(42,43)44)46-33(50)32-18-28(21-49(32)34(31)51)57-37(54)48-20-25-12-10-15-30(41)29(25)22-48/h9-12,14-15,17,27-28,31-32H,4-8,13,16,18-23H2,1-3H3,(H,45,53)(H,46,50)(H,47,52)/t27-,28+,31-,32-,39+/m0/s1. The van der Waals surface area contributed by atoms with Crippen LogP contribution < -0.4 is 15.4 Å². The maximum Gasteiger partial charge on any atom is 0.416 e. The predicted molar refractivity (Wildman–Crippen MR) is 203 cm³/mol. The Morgan fingerprint density at radius 1 is 0.966 bits per heavy atom. The fourth-order valence-electron chi connectivity index (χ4n) is 8.07. The van der Waals surface area contributed by atoms with E-state index < -0.39 is 98.5 Å². The van der Waals surface area contributed by atoms with Gasteiger partial charge in [0.05, 0.1) is 24.4 Å². The van der Waals surface area contributed by atoms with Crippen molar-refractivity contribution in [2.75, 3.05) is 6.54 Å². The van der Waals surface area contributed by atoms with Gasteiger partial charge in [-0.25, -0.2) is 22.4 Å². The summed E-state index contributed by atoms with van der Waals surface area (Å²) in [5.41, 5.74) is -2.96. The van der Waals surface area contributed by atoms with Crippen LogP contribution in [0.1, 0.15) is 101 Å². The number of hydrogen-bond acceptors (Lipinski definition) is 9. The second-order valence-electron chi connectivity index (χ2n) is 16.8.